The summed E-state index contributed by atoms with van der Waals surface area (Å²) in [5, 5.41) is 30.2. The molecule has 0 bridgehead atoms. The van der Waals surface area contributed by atoms with Crippen molar-refractivity contribution in [2.75, 3.05) is 23.7 Å². The molecule has 7 rings (SSSR count). The number of benzene rings is 3. The number of halogens is 3. The van der Waals surface area contributed by atoms with Crippen LogP contribution in [0.15, 0.2) is 78.6 Å². The Hall–Kier alpha value is -4.60. The van der Waals surface area contributed by atoms with Crippen molar-refractivity contribution < 1.29 is 4.39 Å². The SMILES string of the molecule is CC(C)(C)N1CCC(n2cc([C@@H](Nc3cc(Cl)cc4c(Nc5ccc(F)c(Cl)c5)c(C#N)cnc34)c3cccc(-c4nccs4)c3)nn2)CC1. The minimum atomic E-state index is -0.538. The number of anilines is 3. The third kappa shape index (κ3) is 7.02. The Kier molecular flexibility index (Phi) is 9.46. The van der Waals surface area contributed by atoms with Gasteiger partial charge in [0.05, 0.1) is 45.8 Å². The van der Waals surface area contributed by atoms with E-state index in [0.29, 0.717) is 38.6 Å². The molecule has 1 saturated heterocycles. The molecule has 6 aromatic rings. The quantitative estimate of drug-likeness (QED) is 0.160. The fourth-order valence-electron chi connectivity index (χ4n) is 6.42. The number of pyridine rings is 1. The number of nitrogens with one attached hydrogen (secondary N) is 2. The van der Waals surface area contributed by atoms with Crippen molar-refractivity contribution in [3.05, 3.63) is 111 Å². The molecule has 0 unspecified atom stereocenters. The van der Waals surface area contributed by atoms with Gasteiger partial charge in [-0.2, -0.15) is 5.26 Å². The molecule has 1 aliphatic heterocycles. The first-order valence-corrected chi connectivity index (χ1v) is 17.9. The van der Waals surface area contributed by atoms with Crippen LogP contribution in [-0.4, -0.2) is 48.5 Å². The number of hydrogen-bond donors (Lipinski definition) is 2. The molecule has 0 amide bonds. The largest absolute Gasteiger partial charge is 0.371 e. The van der Waals surface area contributed by atoms with Gasteiger partial charge in [-0.3, -0.25) is 9.88 Å². The van der Waals surface area contributed by atoms with Crippen molar-refractivity contribution in [3.63, 3.8) is 0 Å². The zero-order chi connectivity index (χ0) is 35.0. The Morgan fingerprint density at radius 1 is 1.06 bits per heavy atom. The van der Waals surface area contributed by atoms with Crippen molar-refractivity contribution in [2.45, 2.75) is 51.2 Å². The van der Waals surface area contributed by atoms with E-state index in [-0.39, 0.29) is 16.6 Å². The van der Waals surface area contributed by atoms with Crippen molar-refractivity contribution in [1.82, 2.24) is 29.9 Å². The van der Waals surface area contributed by atoms with E-state index in [2.05, 4.69) is 64.7 Å². The molecule has 0 spiro atoms. The molecule has 1 atom stereocenters. The summed E-state index contributed by atoms with van der Waals surface area (Å²) in [6.07, 6.45) is 7.30. The Labute approximate surface area is 303 Å². The minimum absolute atomic E-state index is 0.0390. The number of nitriles is 1. The van der Waals surface area contributed by atoms with Gasteiger partial charge < -0.3 is 10.6 Å². The number of likely N-dealkylation sites (tertiary alicyclic amines) is 1. The number of hydrogen-bond acceptors (Lipinski definition) is 9. The summed E-state index contributed by atoms with van der Waals surface area (Å²) in [6.45, 7) is 8.75. The first kappa shape index (κ1) is 33.9. The Bertz CT molecular complexity index is 2200. The van der Waals surface area contributed by atoms with E-state index < -0.39 is 11.9 Å². The number of rotatable bonds is 8. The molecule has 1 fully saturated rings. The van der Waals surface area contributed by atoms with E-state index in [9.17, 15) is 9.65 Å². The molecule has 2 N–H and O–H groups in total. The highest BCUT2D eigenvalue weighted by molar-refractivity contribution is 7.13. The smallest absolute Gasteiger partial charge is 0.141 e. The first-order valence-electron chi connectivity index (χ1n) is 16.2. The molecule has 0 saturated carbocycles. The van der Waals surface area contributed by atoms with E-state index in [1.54, 1.807) is 29.7 Å². The summed E-state index contributed by atoms with van der Waals surface area (Å²) in [5.41, 5.74) is 5.29. The van der Waals surface area contributed by atoms with Crippen LogP contribution in [0.3, 0.4) is 0 Å². The van der Waals surface area contributed by atoms with Gasteiger partial charge in [0, 0.05) is 58.1 Å². The third-order valence-electron chi connectivity index (χ3n) is 9.06. The lowest BCUT2D eigenvalue weighted by Crippen LogP contribution is -2.46. The van der Waals surface area contributed by atoms with Crippen LogP contribution in [0.2, 0.25) is 10.0 Å². The summed E-state index contributed by atoms with van der Waals surface area (Å²) < 4.78 is 15.9. The van der Waals surface area contributed by atoms with Gasteiger partial charge in [0.15, 0.2) is 0 Å². The highest BCUT2D eigenvalue weighted by Crippen LogP contribution is 2.39. The molecule has 50 heavy (non-hydrogen) atoms. The van der Waals surface area contributed by atoms with Crippen LogP contribution >= 0.6 is 34.5 Å². The van der Waals surface area contributed by atoms with Crippen LogP contribution in [0, 0.1) is 17.1 Å². The lowest BCUT2D eigenvalue weighted by molar-refractivity contribution is 0.0866. The van der Waals surface area contributed by atoms with Crippen molar-refractivity contribution in [3.8, 4) is 16.6 Å². The van der Waals surface area contributed by atoms with Gasteiger partial charge in [-0.15, -0.1) is 16.4 Å². The minimum Gasteiger partial charge on any atom is -0.371 e. The standard InChI is InChI=1S/C37H34Cl2FN9S/c1-37(2,3)48-12-9-27(10-13-48)49-21-32(46-47-49)34(22-5-4-6-23(15-22)36-42-11-14-50-36)45-31-17-25(38)16-28-33(24(19-41)20-43-35(28)31)44-26-7-8-30(40)29(39)18-26/h4-8,11,14-18,20-21,27,34,45H,9-10,12-13H2,1-3H3,(H,43,44)/t34-/m0/s1. The van der Waals surface area contributed by atoms with Crippen LogP contribution in [0.5, 0.6) is 0 Å². The van der Waals surface area contributed by atoms with Gasteiger partial charge in [0.25, 0.3) is 0 Å². The van der Waals surface area contributed by atoms with E-state index in [1.807, 2.05) is 34.5 Å². The fourth-order valence-corrected chi connectivity index (χ4v) is 7.45. The Balaban J connectivity index is 1.29. The molecule has 13 heteroatoms. The van der Waals surface area contributed by atoms with Crippen molar-refractivity contribution in [2.24, 2.45) is 0 Å². The molecule has 0 aliphatic carbocycles. The summed E-state index contributed by atoms with van der Waals surface area (Å²) >= 11 is 14.4. The predicted octanol–water partition coefficient (Wildman–Crippen LogP) is 9.65. The van der Waals surface area contributed by atoms with E-state index in [4.69, 9.17) is 33.3 Å². The topological polar surface area (TPSA) is 108 Å². The van der Waals surface area contributed by atoms with Crippen LogP contribution in [-0.2, 0) is 0 Å². The first-order chi connectivity index (χ1) is 24.1. The van der Waals surface area contributed by atoms with Gasteiger partial charge >= 0.3 is 0 Å². The van der Waals surface area contributed by atoms with Crippen LogP contribution in [0.1, 0.15) is 62.5 Å². The van der Waals surface area contributed by atoms with E-state index in [1.165, 1.54) is 18.3 Å². The number of thiazole rings is 1. The fraction of sp³-hybridized carbons (Fsp3) is 0.270. The average molecular weight is 727 g/mol. The van der Waals surface area contributed by atoms with Gasteiger partial charge in [0.2, 0.25) is 0 Å². The van der Waals surface area contributed by atoms with Crippen LogP contribution in [0.4, 0.5) is 21.5 Å². The van der Waals surface area contributed by atoms with Gasteiger partial charge in [-0.05, 0) is 75.6 Å². The maximum Gasteiger partial charge on any atom is 0.141 e. The zero-order valence-electron chi connectivity index (χ0n) is 27.7. The lowest BCUT2D eigenvalue weighted by atomic mass is 9.98. The third-order valence-corrected chi connectivity index (χ3v) is 10.4. The maximum atomic E-state index is 13.9. The molecule has 254 valence electrons. The Morgan fingerprint density at radius 3 is 2.60 bits per heavy atom. The molecule has 3 aromatic carbocycles. The summed E-state index contributed by atoms with van der Waals surface area (Å²) in [6, 6.07) is 18.1. The molecule has 3 aromatic heterocycles. The highest BCUT2D eigenvalue weighted by Gasteiger charge is 2.29. The summed E-state index contributed by atoms with van der Waals surface area (Å²) in [7, 11) is 0. The Morgan fingerprint density at radius 2 is 1.88 bits per heavy atom. The van der Waals surface area contributed by atoms with Crippen LogP contribution < -0.4 is 10.6 Å². The number of fused-ring (bicyclic) bond motifs is 1. The zero-order valence-corrected chi connectivity index (χ0v) is 30.0. The predicted molar refractivity (Wildman–Crippen MR) is 199 cm³/mol. The normalized spacial score (nSPS) is 14.8. The molecule has 4 heterocycles. The number of nitrogens with zero attached hydrogens (tertiary/aromatic N) is 7. The molecule has 9 nitrogen and oxygen atoms in total. The highest BCUT2D eigenvalue weighted by atomic mass is 35.5. The molecule has 0 radical (unpaired) electrons. The van der Waals surface area contributed by atoms with E-state index in [0.717, 1.165) is 47.8 Å². The van der Waals surface area contributed by atoms with E-state index >= 15 is 0 Å². The summed E-state index contributed by atoms with van der Waals surface area (Å²) in [5.74, 6) is -0.538. The second-order valence-corrected chi connectivity index (χ2v) is 15.1. The summed E-state index contributed by atoms with van der Waals surface area (Å²) in [4.78, 5) is 11.7. The van der Waals surface area contributed by atoms with Crippen molar-refractivity contribution >= 4 is 62.5 Å². The lowest BCUT2D eigenvalue weighted by Gasteiger charge is -2.40. The molecule has 1 aliphatic rings. The van der Waals surface area contributed by atoms with Gasteiger partial charge in [0.1, 0.15) is 22.6 Å². The van der Waals surface area contributed by atoms with Gasteiger partial charge in [-0.25, -0.2) is 14.1 Å². The van der Waals surface area contributed by atoms with Gasteiger partial charge in [-0.1, -0.05) is 46.6 Å². The van der Waals surface area contributed by atoms with Crippen molar-refractivity contribution in [1.29, 1.82) is 5.26 Å². The molecular weight excluding hydrogens is 692 g/mol. The number of aromatic nitrogens is 5. The monoisotopic (exact) mass is 725 g/mol. The number of piperidine rings is 1. The second kappa shape index (κ2) is 14.0. The molecular formula is C37H34Cl2FN9S. The maximum absolute atomic E-state index is 13.9. The average Bonchev–Trinajstić information content (AvgIpc) is 3.83. The van der Waals surface area contributed by atoms with Crippen LogP contribution in [0.25, 0.3) is 21.5 Å². The second-order valence-electron chi connectivity index (χ2n) is 13.3.